The van der Waals surface area contributed by atoms with Gasteiger partial charge in [0.2, 0.25) is 0 Å². The van der Waals surface area contributed by atoms with E-state index >= 15 is 0 Å². The third-order valence-corrected chi connectivity index (χ3v) is 3.63. The third kappa shape index (κ3) is 10.8. The molecule has 0 aromatic rings. The molecule has 0 radical (unpaired) electrons. The molecule has 102 valence electrons. The molecule has 0 amide bonds. The van der Waals surface area contributed by atoms with Crippen molar-refractivity contribution >= 4 is 0 Å². The van der Waals surface area contributed by atoms with E-state index in [1.54, 1.807) is 0 Å². The van der Waals surface area contributed by atoms with Gasteiger partial charge in [-0.25, -0.2) is 0 Å². The number of hydrogen-bond acceptors (Lipinski definition) is 2. The molecule has 0 spiro atoms. The van der Waals surface area contributed by atoms with Gasteiger partial charge in [-0.15, -0.1) is 0 Å². The molecular weight excluding hydrogens is 210 g/mol. The molecule has 2 heteroatoms. The average molecular weight is 241 g/mol. The Bertz CT molecular complexity index is 157. The lowest BCUT2D eigenvalue weighted by atomic mass is 10.0. The van der Waals surface area contributed by atoms with Gasteiger partial charge in [-0.3, -0.25) is 0 Å². The predicted molar refractivity (Wildman–Crippen MR) is 74.2 cm³/mol. The standard InChI is InChI=1S/C15H31NO/c16-13-11-9-7-5-3-1-2-4-6-8-10-12-15-14-17-15/h15H,1-14,16H2. The molecular formula is C15H31NO. The van der Waals surface area contributed by atoms with Gasteiger partial charge in [0.1, 0.15) is 0 Å². The van der Waals surface area contributed by atoms with E-state index in [-0.39, 0.29) is 0 Å². The van der Waals surface area contributed by atoms with Crippen molar-refractivity contribution in [2.45, 2.75) is 83.2 Å². The number of unbranched alkanes of at least 4 members (excludes halogenated alkanes) is 10. The van der Waals surface area contributed by atoms with Crippen molar-refractivity contribution < 1.29 is 4.74 Å². The van der Waals surface area contributed by atoms with Crippen molar-refractivity contribution in [2.24, 2.45) is 5.73 Å². The Kier molecular flexibility index (Phi) is 9.72. The molecule has 1 aliphatic rings. The summed E-state index contributed by atoms with van der Waals surface area (Å²) in [6.07, 6.45) is 17.3. The molecule has 1 aliphatic heterocycles. The van der Waals surface area contributed by atoms with Crippen LogP contribution in [0.1, 0.15) is 77.0 Å². The lowest BCUT2D eigenvalue weighted by Crippen LogP contribution is -1.97. The molecule has 0 aliphatic carbocycles. The maximum atomic E-state index is 5.46. The van der Waals surface area contributed by atoms with Gasteiger partial charge in [-0.2, -0.15) is 0 Å². The Morgan fingerprint density at radius 2 is 1.12 bits per heavy atom. The molecule has 0 bridgehead atoms. The van der Waals surface area contributed by atoms with Crippen molar-refractivity contribution in [1.82, 2.24) is 0 Å². The van der Waals surface area contributed by atoms with Gasteiger partial charge in [0, 0.05) is 0 Å². The van der Waals surface area contributed by atoms with E-state index in [1.807, 2.05) is 0 Å². The first-order chi connectivity index (χ1) is 8.43. The summed E-state index contributed by atoms with van der Waals surface area (Å²) < 4.78 is 5.20. The highest BCUT2D eigenvalue weighted by Crippen LogP contribution is 2.18. The summed E-state index contributed by atoms with van der Waals surface area (Å²) >= 11 is 0. The third-order valence-electron chi connectivity index (χ3n) is 3.63. The second kappa shape index (κ2) is 11.0. The van der Waals surface area contributed by atoms with Crippen LogP contribution in [0.15, 0.2) is 0 Å². The lowest BCUT2D eigenvalue weighted by molar-refractivity contribution is 0.387. The van der Waals surface area contributed by atoms with E-state index in [9.17, 15) is 0 Å². The Balaban J connectivity index is 1.61. The van der Waals surface area contributed by atoms with E-state index in [2.05, 4.69) is 0 Å². The van der Waals surface area contributed by atoms with E-state index in [1.165, 1.54) is 77.0 Å². The van der Waals surface area contributed by atoms with Crippen LogP contribution in [0.2, 0.25) is 0 Å². The fourth-order valence-corrected chi connectivity index (χ4v) is 2.34. The fourth-order valence-electron chi connectivity index (χ4n) is 2.34. The number of epoxide rings is 1. The van der Waals surface area contributed by atoms with Crippen molar-refractivity contribution in [3.05, 3.63) is 0 Å². The van der Waals surface area contributed by atoms with Crippen molar-refractivity contribution in [3.8, 4) is 0 Å². The molecule has 1 saturated heterocycles. The monoisotopic (exact) mass is 241 g/mol. The van der Waals surface area contributed by atoms with E-state index in [4.69, 9.17) is 10.5 Å². The summed E-state index contributed by atoms with van der Waals surface area (Å²) in [6.45, 7) is 1.90. The van der Waals surface area contributed by atoms with Crippen LogP contribution in [0.5, 0.6) is 0 Å². The summed E-state index contributed by atoms with van der Waals surface area (Å²) in [6, 6.07) is 0. The second-order valence-electron chi connectivity index (χ2n) is 5.42. The number of nitrogens with two attached hydrogens (primary N) is 1. The molecule has 1 atom stereocenters. The molecule has 2 N–H and O–H groups in total. The van der Waals surface area contributed by atoms with Crippen LogP contribution in [-0.4, -0.2) is 19.3 Å². The van der Waals surface area contributed by atoms with Crippen molar-refractivity contribution in [1.29, 1.82) is 0 Å². The quantitative estimate of drug-likeness (QED) is 0.390. The molecule has 1 heterocycles. The maximum absolute atomic E-state index is 5.46. The van der Waals surface area contributed by atoms with Crippen molar-refractivity contribution in [3.63, 3.8) is 0 Å². The zero-order valence-corrected chi connectivity index (χ0v) is 11.5. The van der Waals surface area contributed by atoms with Gasteiger partial charge >= 0.3 is 0 Å². The Morgan fingerprint density at radius 3 is 1.53 bits per heavy atom. The normalized spacial score (nSPS) is 18.5. The van der Waals surface area contributed by atoms with Crippen LogP contribution in [0, 0.1) is 0 Å². The zero-order valence-electron chi connectivity index (χ0n) is 11.5. The Labute approximate surface area is 107 Å². The van der Waals surface area contributed by atoms with Gasteiger partial charge in [0.05, 0.1) is 12.7 Å². The highest BCUT2D eigenvalue weighted by Gasteiger charge is 2.20. The number of rotatable bonds is 13. The van der Waals surface area contributed by atoms with Crippen LogP contribution in [0.3, 0.4) is 0 Å². The minimum absolute atomic E-state index is 0.642. The first kappa shape index (κ1) is 15.0. The van der Waals surface area contributed by atoms with Gasteiger partial charge in [-0.05, 0) is 19.4 Å². The van der Waals surface area contributed by atoms with E-state index in [0.29, 0.717) is 6.10 Å². The summed E-state index contributed by atoms with van der Waals surface area (Å²) in [7, 11) is 0. The SMILES string of the molecule is NCCCCCCCCCCCCCC1CO1. The maximum Gasteiger partial charge on any atom is 0.0810 e. The predicted octanol–water partition coefficient (Wildman–Crippen LogP) is 4.03. The van der Waals surface area contributed by atoms with Gasteiger partial charge < -0.3 is 10.5 Å². The van der Waals surface area contributed by atoms with E-state index < -0.39 is 0 Å². The first-order valence-electron chi connectivity index (χ1n) is 7.75. The summed E-state index contributed by atoms with van der Waals surface area (Å²) in [5, 5.41) is 0. The molecule has 1 fully saturated rings. The van der Waals surface area contributed by atoms with Crippen molar-refractivity contribution in [2.75, 3.05) is 13.2 Å². The highest BCUT2D eigenvalue weighted by molar-refractivity contribution is 4.68. The fraction of sp³-hybridized carbons (Fsp3) is 1.00. The Morgan fingerprint density at radius 1 is 0.706 bits per heavy atom. The molecule has 0 aromatic heterocycles. The molecule has 0 aromatic carbocycles. The second-order valence-corrected chi connectivity index (χ2v) is 5.42. The topological polar surface area (TPSA) is 38.5 Å². The first-order valence-corrected chi connectivity index (χ1v) is 7.75. The summed E-state index contributed by atoms with van der Waals surface area (Å²) in [5.74, 6) is 0. The Hall–Kier alpha value is -0.0800. The number of hydrogen-bond donors (Lipinski definition) is 1. The minimum atomic E-state index is 0.642. The molecule has 0 saturated carbocycles. The van der Waals surface area contributed by atoms with Crippen LogP contribution in [0.4, 0.5) is 0 Å². The minimum Gasteiger partial charge on any atom is -0.373 e. The molecule has 2 nitrogen and oxygen atoms in total. The number of ether oxygens (including phenoxy) is 1. The smallest absolute Gasteiger partial charge is 0.0810 e. The van der Waals surface area contributed by atoms with E-state index in [0.717, 1.165) is 13.2 Å². The highest BCUT2D eigenvalue weighted by atomic mass is 16.6. The molecule has 17 heavy (non-hydrogen) atoms. The summed E-state index contributed by atoms with van der Waals surface area (Å²) in [5.41, 5.74) is 5.46. The van der Waals surface area contributed by atoms with Gasteiger partial charge in [0.25, 0.3) is 0 Å². The van der Waals surface area contributed by atoms with Gasteiger partial charge in [0.15, 0.2) is 0 Å². The largest absolute Gasteiger partial charge is 0.373 e. The summed E-state index contributed by atoms with van der Waals surface area (Å²) in [4.78, 5) is 0. The van der Waals surface area contributed by atoms with Crippen LogP contribution in [-0.2, 0) is 4.74 Å². The van der Waals surface area contributed by atoms with Crippen LogP contribution < -0.4 is 5.73 Å². The average Bonchev–Trinajstić information content (AvgIpc) is 3.15. The van der Waals surface area contributed by atoms with Crippen LogP contribution >= 0.6 is 0 Å². The molecule has 1 unspecified atom stereocenters. The zero-order chi connectivity index (χ0) is 12.2. The van der Waals surface area contributed by atoms with Crippen LogP contribution in [0.25, 0.3) is 0 Å². The lowest BCUT2D eigenvalue weighted by Gasteiger charge is -2.02. The van der Waals surface area contributed by atoms with Gasteiger partial charge in [-0.1, -0.05) is 64.2 Å². The molecule has 1 rings (SSSR count).